The molecule has 0 atom stereocenters. The van der Waals surface area contributed by atoms with Crippen LogP contribution < -0.4 is 14.8 Å². The van der Waals surface area contributed by atoms with Crippen molar-refractivity contribution >= 4 is 15.9 Å². The molecule has 1 N–H and O–H groups in total. The lowest BCUT2D eigenvalue weighted by Crippen LogP contribution is -2.18. The van der Waals surface area contributed by atoms with Gasteiger partial charge in [0.25, 0.3) is 0 Å². The average Bonchev–Trinajstić information content (AvgIpc) is 2.59. The predicted molar refractivity (Wildman–Crippen MR) is 95.0 cm³/mol. The van der Waals surface area contributed by atoms with E-state index in [4.69, 9.17) is 14.2 Å². The van der Waals surface area contributed by atoms with E-state index in [1.54, 1.807) is 26.4 Å². The second-order valence-electron chi connectivity index (χ2n) is 5.19. The molecule has 0 fully saturated rings. The van der Waals surface area contributed by atoms with Gasteiger partial charge in [0.1, 0.15) is 12.4 Å². The van der Waals surface area contributed by atoms with Crippen molar-refractivity contribution in [2.24, 2.45) is 0 Å². The Kier molecular flexibility index (Phi) is 7.49. The number of methoxy groups -OCH3 is 2. The van der Waals surface area contributed by atoms with Crippen molar-refractivity contribution in [3.63, 3.8) is 0 Å². The third-order valence-electron chi connectivity index (χ3n) is 3.40. The van der Waals surface area contributed by atoms with Crippen LogP contribution in [0.5, 0.6) is 11.5 Å². The van der Waals surface area contributed by atoms with Crippen LogP contribution in [0.2, 0.25) is 0 Å². The zero-order valence-corrected chi connectivity index (χ0v) is 15.4. The standard InChI is InChI=1S/C18H21BrFNO3/c1-22-8-7-21-11-14-9-16(19)18(17(10-14)23-2)24-12-13-3-5-15(20)6-4-13/h3-6,9-10,21H,7-8,11-12H2,1-2H3. The number of halogens is 2. The highest BCUT2D eigenvalue weighted by Gasteiger charge is 2.12. The molecule has 0 aliphatic carbocycles. The number of rotatable bonds is 9. The molecule has 0 bridgehead atoms. The van der Waals surface area contributed by atoms with Crippen molar-refractivity contribution in [1.29, 1.82) is 0 Å². The molecule has 0 aromatic heterocycles. The fourth-order valence-corrected chi connectivity index (χ4v) is 2.76. The van der Waals surface area contributed by atoms with E-state index in [-0.39, 0.29) is 5.82 Å². The van der Waals surface area contributed by atoms with Crippen LogP contribution in [-0.4, -0.2) is 27.4 Å². The fraction of sp³-hybridized carbons (Fsp3) is 0.333. The number of ether oxygens (including phenoxy) is 3. The van der Waals surface area contributed by atoms with Crippen molar-refractivity contribution < 1.29 is 18.6 Å². The highest BCUT2D eigenvalue weighted by molar-refractivity contribution is 9.10. The zero-order chi connectivity index (χ0) is 17.4. The Balaban J connectivity index is 2.04. The van der Waals surface area contributed by atoms with Gasteiger partial charge in [-0.1, -0.05) is 12.1 Å². The highest BCUT2D eigenvalue weighted by atomic mass is 79.9. The number of hydrogen-bond donors (Lipinski definition) is 1. The largest absolute Gasteiger partial charge is 0.493 e. The van der Waals surface area contributed by atoms with Gasteiger partial charge in [-0.2, -0.15) is 0 Å². The summed E-state index contributed by atoms with van der Waals surface area (Å²) in [5, 5.41) is 3.29. The summed E-state index contributed by atoms with van der Waals surface area (Å²) in [5.74, 6) is 1.01. The Morgan fingerprint density at radius 1 is 1.08 bits per heavy atom. The average molecular weight is 398 g/mol. The van der Waals surface area contributed by atoms with E-state index >= 15 is 0 Å². The minimum Gasteiger partial charge on any atom is -0.493 e. The summed E-state index contributed by atoms with van der Waals surface area (Å²) < 4.78 is 30.0. The van der Waals surface area contributed by atoms with Crippen molar-refractivity contribution in [3.05, 3.63) is 57.8 Å². The summed E-state index contributed by atoms with van der Waals surface area (Å²) in [6, 6.07) is 10.2. The van der Waals surface area contributed by atoms with Crippen molar-refractivity contribution in [1.82, 2.24) is 5.32 Å². The van der Waals surface area contributed by atoms with Crippen LogP contribution in [0.1, 0.15) is 11.1 Å². The molecule has 2 aromatic carbocycles. The summed E-state index contributed by atoms with van der Waals surface area (Å²) in [4.78, 5) is 0. The Morgan fingerprint density at radius 3 is 2.50 bits per heavy atom. The minimum absolute atomic E-state index is 0.261. The first kappa shape index (κ1) is 18.7. The molecule has 2 aromatic rings. The monoisotopic (exact) mass is 397 g/mol. The Labute approximate surface area is 150 Å². The Morgan fingerprint density at radius 2 is 1.83 bits per heavy atom. The maximum absolute atomic E-state index is 12.9. The van der Waals surface area contributed by atoms with Crippen LogP contribution >= 0.6 is 15.9 Å². The zero-order valence-electron chi connectivity index (χ0n) is 13.8. The van der Waals surface area contributed by atoms with Crippen LogP contribution in [0.3, 0.4) is 0 Å². The van der Waals surface area contributed by atoms with Crippen molar-refractivity contribution in [2.45, 2.75) is 13.2 Å². The smallest absolute Gasteiger partial charge is 0.175 e. The van der Waals surface area contributed by atoms with Gasteiger partial charge >= 0.3 is 0 Å². The van der Waals surface area contributed by atoms with E-state index < -0.39 is 0 Å². The van der Waals surface area contributed by atoms with Gasteiger partial charge in [-0.3, -0.25) is 0 Å². The van der Waals surface area contributed by atoms with Gasteiger partial charge in [-0.05, 0) is 51.3 Å². The SMILES string of the molecule is COCCNCc1cc(Br)c(OCc2ccc(F)cc2)c(OC)c1. The van der Waals surface area contributed by atoms with Crippen LogP contribution in [0, 0.1) is 5.82 Å². The second kappa shape index (κ2) is 9.61. The van der Waals surface area contributed by atoms with Crippen molar-refractivity contribution in [2.75, 3.05) is 27.4 Å². The lowest BCUT2D eigenvalue weighted by Gasteiger charge is -2.15. The first-order valence-electron chi connectivity index (χ1n) is 7.57. The minimum atomic E-state index is -0.261. The molecular formula is C18H21BrFNO3. The van der Waals surface area contributed by atoms with E-state index in [1.165, 1.54) is 12.1 Å². The Bertz CT molecular complexity index is 649. The third kappa shape index (κ3) is 5.47. The summed E-state index contributed by atoms with van der Waals surface area (Å²) in [7, 11) is 3.28. The molecule has 0 unspecified atom stereocenters. The topological polar surface area (TPSA) is 39.7 Å². The molecule has 130 valence electrons. The molecular weight excluding hydrogens is 377 g/mol. The third-order valence-corrected chi connectivity index (χ3v) is 3.99. The molecule has 0 amide bonds. The maximum Gasteiger partial charge on any atom is 0.175 e. The van der Waals surface area contributed by atoms with E-state index in [0.717, 1.165) is 22.1 Å². The van der Waals surface area contributed by atoms with Gasteiger partial charge in [0.15, 0.2) is 11.5 Å². The first-order valence-corrected chi connectivity index (χ1v) is 8.36. The normalized spacial score (nSPS) is 10.7. The number of benzene rings is 2. The molecule has 0 radical (unpaired) electrons. The predicted octanol–water partition coefficient (Wildman–Crippen LogP) is 3.91. The van der Waals surface area contributed by atoms with E-state index in [9.17, 15) is 4.39 Å². The highest BCUT2D eigenvalue weighted by Crippen LogP contribution is 2.37. The molecule has 0 aliphatic rings. The molecule has 2 rings (SSSR count). The number of nitrogens with one attached hydrogen (secondary N) is 1. The molecule has 4 nitrogen and oxygen atoms in total. The fourth-order valence-electron chi connectivity index (χ4n) is 2.16. The molecule has 6 heteroatoms. The lowest BCUT2D eigenvalue weighted by molar-refractivity contribution is 0.199. The quantitative estimate of drug-likeness (QED) is 0.651. The van der Waals surface area contributed by atoms with E-state index in [2.05, 4.69) is 21.2 Å². The second-order valence-corrected chi connectivity index (χ2v) is 6.05. The van der Waals surface area contributed by atoms with Crippen LogP contribution in [0.15, 0.2) is 40.9 Å². The van der Waals surface area contributed by atoms with E-state index in [1.807, 2.05) is 12.1 Å². The van der Waals surface area contributed by atoms with Gasteiger partial charge in [0.05, 0.1) is 18.2 Å². The van der Waals surface area contributed by atoms with E-state index in [0.29, 0.717) is 31.3 Å². The Hall–Kier alpha value is -1.63. The summed E-state index contributed by atoms with van der Waals surface area (Å²) in [5.41, 5.74) is 1.96. The summed E-state index contributed by atoms with van der Waals surface area (Å²) >= 11 is 3.53. The number of hydrogen-bond acceptors (Lipinski definition) is 4. The van der Waals surface area contributed by atoms with Crippen molar-refractivity contribution in [3.8, 4) is 11.5 Å². The molecule has 0 saturated heterocycles. The van der Waals surface area contributed by atoms with Crippen LogP contribution in [-0.2, 0) is 17.9 Å². The molecule has 24 heavy (non-hydrogen) atoms. The van der Waals surface area contributed by atoms with Crippen LogP contribution in [0.25, 0.3) is 0 Å². The molecule has 0 saturated carbocycles. The summed E-state index contributed by atoms with van der Waals surface area (Å²) in [6.07, 6.45) is 0. The van der Waals surface area contributed by atoms with Gasteiger partial charge in [0, 0.05) is 20.2 Å². The summed E-state index contributed by atoms with van der Waals surface area (Å²) in [6.45, 7) is 2.48. The first-order chi connectivity index (χ1) is 11.6. The van der Waals surface area contributed by atoms with Gasteiger partial charge < -0.3 is 19.5 Å². The van der Waals surface area contributed by atoms with Gasteiger partial charge in [-0.25, -0.2) is 4.39 Å². The molecule has 0 spiro atoms. The van der Waals surface area contributed by atoms with Gasteiger partial charge in [-0.15, -0.1) is 0 Å². The lowest BCUT2D eigenvalue weighted by atomic mass is 10.2. The van der Waals surface area contributed by atoms with Crippen LogP contribution in [0.4, 0.5) is 4.39 Å². The van der Waals surface area contributed by atoms with Gasteiger partial charge in [0.2, 0.25) is 0 Å². The molecule has 0 aliphatic heterocycles. The maximum atomic E-state index is 12.9. The molecule has 0 heterocycles.